The summed E-state index contributed by atoms with van der Waals surface area (Å²) >= 11 is 0. The number of carbonyl (C=O) groups is 1. The van der Waals surface area contributed by atoms with Crippen LogP contribution < -0.4 is 19.5 Å². The van der Waals surface area contributed by atoms with Crippen LogP contribution in [0.25, 0.3) is 0 Å². The van der Waals surface area contributed by atoms with E-state index in [4.69, 9.17) is 14.2 Å². The summed E-state index contributed by atoms with van der Waals surface area (Å²) in [7, 11) is 0. The van der Waals surface area contributed by atoms with Crippen molar-refractivity contribution in [2.75, 3.05) is 19.9 Å². The number of hydrogen-bond acceptors (Lipinski definition) is 4. The molecule has 0 saturated heterocycles. The Balaban J connectivity index is 1.43. The van der Waals surface area contributed by atoms with Gasteiger partial charge in [0.15, 0.2) is 23.1 Å². The molecule has 0 unspecified atom stereocenters. The molecule has 0 saturated carbocycles. The molecule has 0 radical (unpaired) electrons. The van der Waals surface area contributed by atoms with Gasteiger partial charge in [0, 0.05) is 11.6 Å². The minimum atomic E-state index is -1.07. The second kappa shape index (κ2) is 7.53. The van der Waals surface area contributed by atoms with Crippen LogP contribution >= 0.6 is 0 Å². The molecular weight excluding hydrogens is 332 g/mol. The molecule has 3 rings (SSSR count). The minimum absolute atomic E-state index is 0.0253. The van der Waals surface area contributed by atoms with E-state index in [1.165, 1.54) is 6.07 Å². The third-order valence-electron chi connectivity index (χ3n) is 3.30. The number of rotatable bonds is 4. The SMILES string of the molecule is O=C(NCC#CCOc1ccc2c(c1)OCO2)c1ccc(F)c(F)c1. The fourth-order valence-corrected chi connectivity index (χ4v) is 2.06. The standard InChI is InChI=1S/C18H13F2NO4/c19-14-5-3-12(9-15(14)20)18(22)21-7-1-2-8-23-13-4-6-16-17(10-13)25-11-24-16/h3-6,9-10H,7-8,11H2,(H,21,22). The van der Waals surface area contributed by atoms with Crippen LogP contribution in [0.15, 0.2) is 36.4 Å². The predicted molar refractivity (Wildman–Crippen MR) is 84.5 cm³/mol. The molecule has 0 aliphatic carbocycles. The highest BCUT2D eigenvalue weighted by Gasteiger charge is 2.13. The second-order valence-corrected chi connectivity index (χ2v) is 4.97. The van der Waals surface area contributed by atoms with E-state index in [-0.39, 0.29) is 25.5 Å². The van der Waals surface area contributed by atoms with Crippen LogP contribution in [-0.4, -0.2) is 25.9 Å². The Labute approximate surface area is 142 Å². The van der Waals surface area contributed by atoms with Crippen molar-refractivity contribution in [3.63, 3.8) is 0 Å². The van der Waals surface area contributed by atoms with Gasteiger partial charge in [0.25, 0.3) is 5.91 Å². The van der Waals surface area contributed by atoms with Gasteiger partial charge in [-0.2, -0.15) is 0 Å². The van der Waals surface area contributed by atoms with E-state index in [1.807, 2.05) is 0 Å². The summed E-state index contributed by atoms with van der Waals surface area (Å²) in [6.45, 7) is 0.374. The number of fused-ring (bicyclic) bond motifs is 1. The molecule has 5 nitrogen and oxygen atoms in total. The molecule has 0 atom stereocenters. The van der Waals surface area contributed by atoms with Crippen LogP contribution in [0, 0.1) is 23.5 Å². The van der Waals surface area contributed by atoms with Gasteiger partial charge in [-0.3, -0.25) is 4.79 Å². The van der Waals surface area contributed by atoms with Crippen molar-refractivity contribution in [3.8, 4) is 29.1 Å². The largest absolute Gasteiger partial charge is 0.481 e. The Morgan fingerprint density at radius 2 is 1.92 bits per heavy atom. The van der Waals surface area contributed by atoms with E-state index in [0.717, 1.165) is 12.1 Å². The van der Waals surface area contributed by atoms with Gasteiger partial charge in [-0.25, -0.2) is 8.78 Å². The van der Waals surface area contributed by atoms with E-state index >= 15 is 0 Å². The molecule has 2 aromatic rings. The molecule has 2 aromatic carbocycles. The Kier molecular flexibility index (Phi) is 5.00. The molecule has 1 aliphatic heterocycles. The Hall–Kier alpha value is -3.27. The highest BCUT2D eigenvalue weighted by molar-refractivity contribution is 5.94. The number of benzene rings is 2. The third-order valence-corrected chi connectivity index (χ3v) is 3.30. The zero-order chi connectivity index (χ0) is 17.6. The summed E-state index contributed by atoms with van der Waals surface area (Å²) < 4.78 is 41.7. The maximum atomic E-state index is 13.1. The highest BCUT2D eigenvalue weighted by Crippen LogP contribution is 2.34. The summed E-state index contributed by atoms with van der Waals surface area (Å²) in [4.78, 5) is 11.7. The Morgan fingerprint density at radius 1 is 1.08 bits per heavy atom. The summed E-state index contributed by atoms with van der Waals surface area (Å²) in [6.07, 6.45) is 0. The zero-order valence-corrected chi connectivity index (χ0v) is 13.0. The third kappa shape index (κ3) is 4.18. The number of carbonyl (C=O) groups excluding carboxylic acids is 1. The summed E-state index contributed by atoms with van der Waals surface area (Å²) in [6, 6.07) is 8.11. The molecule has 1 heterocycles. The van der Waals surface area contributed by atoms with E-state index in [9.17, 15) is 13.6 Å². The van der Waals surface area contributed by atoms with Gasteiger partial charge in [0.1, 0.15) is 12.4 Å². The zero-order valence-electron chi connectivity index (χ0n) is 13.0. The fraction of sp³-hybridized carbons (Fsp3) is 0.167. The van der Waals surface area contributed by atoms with Gasteiger partial charge < -0.3 is 19.5 Å². The number of ether oxygens (including phenoxy) is 3. The number of nitrogens with one attached hydrogen (secondary N) is 1. The average molecular weight is 345 g/mol. The highest BCUT2D eigenvalue weighted by atomic mass is 19.2. The van der Waals surface area contributed by atoms with Gasteiger partial charge >= 0.3 is 0 Å². The molecule has 1 amide bonds. The van der Waals surface area contributed by atoms with Crippen LogP contribution in [0.3, 0.4) is 0 Å². The molecule has 0 fully saturated rings. The van der Waals surface area contributed by atoms with E-state index in [2.05, 4.69) is 17.2 Å². The fourth-order valence-electron chi connectivity index (χ4n) is 2.06. The molecule has 0 aromatic heterocycles. The lowest BCUT2D eigenvalue weighted by Gasteiger charge is -2.03. The van der Waals surface area contributed by atoms with E-state index in [0.29, 0.717) is 17.2 Å². The lowest BCUT2D eigenvalue weighted by atomic mass is 10.2. The second-order valence-electron chi connectivity index (χ2n) is 4.97. The van der Waals surface area contributed by atoms with Crippen molar-refractivity contribution in [2.45, 2.75) is 0 Å². The predicted octanol–water partition coefficient (Wildman–Crippen LogP) is 2.51. The number of hydrogen-bond donors (Lipinski definition) is 1. The number of halogens is 2. The first-order valence-corrected chi connectivity index (χ1v) is 7.35. The maximum absolute atomic E-state index is 13.1. The molecule has 25 heavy (non-hydrogen) atoms. The molecule has 128 valence electrons. The first kappa shape index (κ1) is 16.6. The first-order valence-electron chi connectivity index (χ1n) is 7.35. The average Bonchev–Trinajstić information content (AvgIpc) is 3.08. The number of amides is 1. The molecule has 1 N–H and O–H groups in total. The topological polar surface area (TPSA) is 56.8 Å². The normalized spacial score (nSPS) is 11.4. The van der Waals surface area contributed by atoms with Gasteiger partial charge in [-0.1, -0.05) is 11.8 Å². The monoisotopic (exact) mass is 345 g/mol. The van der Waals surface area contributed by atoms with Gasteiger partial charge in [0.2, 0.25) is 6.79 Å². The van der Waals surface area contributed by atoms with Gasteiger partial charge in [-0.15, -0.1) is 0 Å². The minimum Gasteiger partial charge on any atom is -0.481 e. The van der Waals surface area contributed by atoms with Crippen molar-refractivity contribution >= 4 is 5.91 Å². The lowest BCUT2D eigenvalue weighted by Crippen LogP contribution is -2.23. The summed E-state index contributed by atoms with van der Waals surface area (Å²) in [5, 5.41) is 2.48. The summed E-state index contributed by atoms with van der Waals surface area (Å²) in [5.74, 6) is 4.69. The summed E-state index contributed by atoms with van der Waals surface area (Å²) in [5.41, 5.74) is 0.0253. The van der Waals surface area contributed by atoms with Crippen LogP contribution in [0.1, 0.15) is 10.4 Å². The van der Waals surface area contributed by atoms with Crippen LogP contribution in [0.4, 0.5) is 8.78 Å². The quantitative estimate of drug-likeness (QED) is 0.865. The Bertz CT molecular complexity index is 858. The van der Waals surface area contributed by atoms with Crippen molar-refractivity contribution in [1.82, 2.24) is 5.32 Å². The molecule has 0 spiro atoms. The van der Waals surface area contributed by atoms with Gasteiger partial charge in [-0.05, 0) is 30.3 Å². The van der Waals surface area contributed by atoms with Gasteiger partial charge in [0.05, 0.1) is 6.54 Å². The van der Waals surface area contributed by atoms with Crippen molar-refractivity contribution < 1.29 is 27.8 Å². The van der Waals surface area contributed by atoms with Crippen LogP contribution in [0.2, 0.25) is 0 Å². The molecule has 0 bridgehead atoms. The smallest absolute Gasteiger partial charge is 0.252 e. The lowest BCUT2D eigenvalue weighted by molar-refractivity contribution is 0.0958. The van der Waals surface area contributed by atoms with Crippen molar-refractivity contribution in [1.29, 1.82) is 0 Å². The molecule has 7 heteroatoms. The van der Waals surface area contributed by atoms with E-state index < -0.39 is 17.5 Å². The van der Waals surface area contributed by atoms with Crippen LogP contribution in [-0.2, 0) is 0 Å². The Morgan fingerprint density at radius 3 is 2.76 bits per heavy atom. The molecule has 1 aliphatic rings. The van der Waals surface area contributed by atoms with Crippen LogP contribution in [0.5, 0.6) is 17.2 Å². The van der Waals surface area contributed by atoms with Crippen molar-refractivity contribution in [2.24, 2.45) is 0 Å². The first-order chi connectivity index (χ1) is 12.1. The van der Waals surface area contributed by atoms with E-state index in [1.54, 1.807) is 18.2 Å². The maximum Gasteiger partial charge on any atom is 0.252 e. The molecular formula is C18H13F2NO4. The van der Waals surface area contributed by atoms with Crippen molar-refractivity contribution in [3.05, 3.63) is 53.6 Å².